The molecule has 4 amide bonds. The van der Waals surface area contributed by atoms with Crippen molar-refractivity contribution in [1.82, 2.24) is 19.6 Å². The summed E-state index contributed by atoms with van der Waals surface area (Å²) in [6, 6.07) is 8.89. The Kier molecular flexibility index (Phi) is 5.40. The van der Waals surface area contributed by atoms with Gasteiger partial charge in [-0.3, -0.25) is 14.5 Å². The lowest BCUT2D eigenvalue weighted by Crippen LogP contribution is -2.49. The maximum absolute atomic E-state index is 13.1. The van der Waals surface area contributed by atoms with Crippen LogP contribution in [0, 0.1) is 6.92 Å². The fourth-order valence-corrected chi connectivity index (χ4v) is 4.78. The van der Waals surface area contributed by atoms with Crippen LogP contribution in [0.4, 0.5) is 10.6 Å². The SMILES string of the molecule is Cc1cc(NC(=O)CN2C(=O)N(C)C3(CCCCC3)C2=O)n(-c2cccc(Br)c2)n1. The second-order valence-electron chi connectivity index (χ2n) is 7.94. The highest BCUT2D eigenvalue weighted by Gasteiger charge is 2.55. The maximum atomic E-state index is 13.1. The highest BCUT2D eigenvalue weighted by molar-refractivity contribution is 9.10. The minimum absolute atomic E-state index is 0.262. The van der Waals surface area contributed by atoms with Crippen LogP contribution in [0.25, 0.3) is 5.69 Å². The molecule has 4 rings (SSSR count). The quantitative estimate of drug-likeness (QED) is 0.688. The smallest absolute Gasteiger partial charge is 0.313 e. The van der Waals surface area contributed by atoms with Gasteiger partial charge in [-0.2, -0.15) is 5.10 Å². The van der Waals surface area contributed by atoms with Gasteiger partial charge in [0.1, 0.15) is 17.9 Å². The number of amides is 4. The molecule has 2 aromatic rings. The van der Waals surface area contributed by atoms with Crippen molar-refractivity contribution >= 4 is 39.6 Å². The fraction of sp³-hybridized carbons (Fsp3) is 0.429. The molecular formula is C21H24BrN5O3. The van der Waals surface area contributed by atoms with Crippen LogP contribution in [0.15, 0.2) is 34.8 Å². The van der Waals surface area contributed by atoms with Crippen molar-refractivity contribution in [3.05, 3.63) is 40.5 Å². The lowest BCUT2D eigenvalue weighted by Gasteiger charge is -2.35. The summed E-state index contributed by atoms with van der Waals surface area (Å²) in [5.41, 5.74) is 0.728. The standard InChI is InChI=1S/C21H24BrN5O3/c1-14-11-17(27(24-14)16-8-6-7-15(22)12-16)23-18(28)13-26-19(29)21(25(2)20(26)30)9-4-3-5-10-21/h6-8,11-12H,3-5,9-10,13H2,1-2H3,(H,23,28). The second kappa shape index (κ2) is 7.86. The van der Waals surface area contributed by atoms with Gasteiger partial charge in [-0.05, 0) is 38.0 Å². The summed E-state index contributed by atoms with van der Waals surface area (Å²) in [6.45, 7) is 1.52. The third kappa shape index (κ3) is 3.51. The predicted octanol–water partition coefficient (Wildman–Crippen LogP) is 3.48. The fourth-order valence-electron chi connectivity index (χ4n) is 4.39. The number of nitrogens with zero attached hydrogens (tertiary/aromatic N) is 4. The average Bonchev–Trinajstić information content (AvgIpc) is 3.16. The first-order valence-corrected chi connectivity index (χ1v) is 10.8. The highest BCUT2D eigenvalue weighted by Crippen LogP contribution is 2.39. The van der Waals surface area contributed by atoms with Crippen LogP contribution in [0.3, 0.4) is 0 Å². The van der Waals surface area contributed by atoms with Crippen LogP contribution < -0.4 is 5.32 Å². The second-order valence-corrected chi connectivity index (χ2v) is 8.85. The number of nitrogens with one attached hydrogen (secondary N) is 1. The van der Waals surface area contributed by atoms with Crippen molar-refractivity contribution in [2.75, 3.05) is 18.9 Å². The van der Waals surface area contributed by atoms with Gasteiger partial charge in [0.25, 0.3) is 5.91 Å². The topological polar surface area (TPSA) is 87.5 Å². The molecule has 1 spiro atoms. The molecule has 1 saturated carbocycles. The van der Waals surface area contributed by atoms with Gasteiger partial charge < -0.3 is 10.2 Å². The molecule has 0 bridgehead atoms. The van der Waals surface area contributed by atoms with E-state index in [0.717, 1.165) is 40.0 Å². The molecule has 1 aromatic carbocycles. The largest absolute Gasteiger partial charge is 0.327 e. The third-order valence-corrected chi connectivity index (χ3v) is 6.43. The zero-order valence-corrected chi connectivity index (χ0v) is 18.6. The number of hydrogen-bond acceptors (Lipinski definition) is 4. The molecule has 30 heavy (non-hydrogen) atoms. The molecule has 0 radical (unpaired) electrons. The zero-order chi connectivity index (χ0) is 21.5. The summed E-state index contributed by atoms with van der Waals surface area (Å²) >= 11 is 3.44. The summed E-state index contributed by atoms with van der Waals surface area (Å²) in [4.78, 5) is 41.2. The van der Waals surface area contributed by atoms with Crippen LogP contribution in [-0.4, -0.2) is 56.6 Å². The molecule has 1 aromatic heterocycles. The Hall–Kier alpha value is -2.68. The molecule has 1 saturated heterocycles. The van der Waals surface area contributed by atoms with E-state index in [-0.39, 0.29) is 12.5 Å². The van der Waals surface area contributed by atoms with Gasteiger partial charge in [-0.15, -0.1) is 0 Å². The number of rotatable bonds is 4. The Morgan fingerprint density at radius 2 is 1.93 bits per heavy atom. The number of likely N-dealkylation sites (N-methyl/N-ethyl adjacent to an activating group) is 1. The van der Waals surface area contributed by atoms with E-state index in [1.807, 2.05) is 31.2 Å². The predicted molar refractivity (Wildman–Crippen MR) is 115 cm³/mol. The molecule has 2 aliphatic rings. The van der Waals surface area contributed by atoms with Gasteiger partial charge in [0.05, 0.1) is 11.4 Å². The van der Waals surface area contributed by atoms with E-state index in [2.05, 4.69) is 26.3 Å². The number of aromatic nitrogens is 2. The minimum Gasteiger partial charge on any atom is -0.313 e. The van der Waals surface area contributed by atoms with Crippen LogP contribution >= 0.6 is 15.9 Å². The maximum Gasteiger partial charge on any atom is 0.327 e. The third-order valence-electron chi connectivity index (χ3n) is 5.94. The van der Waals surface area contributed by atoms with E-state index >= 15 is 0 Å². The van der Waals surface area contributed by atoms with Gasteiger partial charge in [0.2, 0.25) is 5.91 Å². The summed E-state index contributed by atoms with van der Waals surface area (Å²) in [5, 5.41) is 7.25. The van der Waals surface area contributed by atoms with Gasteiger partial charge in [0.15, 0.2) is 0 Å². The molecule has 9 heteroatoms. The molecule has 0 unspecified atom stereocenters. The highest BCUT2D eigenvalue weighted by atomic mass is 79.9. The number of carbonyl (C=O) groups is 3. The van der Waals surface area contributed by atoms with Gasteiger partial charge in [-0.1, -0.05) is 41.3 Å². The molecule has 158 valence electrons. The van der Waals surface area contributed by atoms with Crippen LogP contribution in [0.5, 0.6) is 0 Å². The number of imide groups is 1. The van der Waals surface area contributed by atoms with E-state index < -0.39 is 17.5 Å². The summed E-state index contributed by atoms with van der Waals surface area (Å²) in [7, 11) is 1.66. The van der Waals surface area contributed by atoms with Crippen LogP contribution in [0.2, 0.25) is 0 Å². The molecule has 2 heterocycles. The normalized spacial score (nSPS) is 18.4. The molecule has 1 aliphatic carbocycles. The van der Waals surface area contributed by atoms with E-state index in [9.17, 15) is 14.4 Å². The monoisotopic (exact) mass is 473 g/mol. The zero-order valence-electron chi connectivity index (χ0n) is 17.0. The molecule has 1 aliphatic heterocycles. The number of benzene rings is 1. The number of hydrogen-bond donors (Lipinski definition) is 1. The number of aryl methyl sites for hydroxylation is 1. The van der Waals surface area contributed by atoms with Crippen molar-refractivity contribution in [3.63, 3.8) is 0 Å². The molecule has 8 nitrogen and oxygen atoms in total. The number of urea groups is 1. The minimum atomic E-state index is -0.787. The summed E-state index contributed by atoms with van der Waals surface area (Å²) < 4.78 is 2.51. The number of halogens is 1. The number of carbonyl (C=O) groups excluding carboxylic acids is 3. The molecule has 2 fully saturated rings. The van der Waals surface area contributed by atoms with Crippen molar-refractivity contribution < 1.29 is 14.4 Å². The van der Waals surface area contributed by atoms with Gasteiger partial charge in [-0.25, -0.2) is 9.48 Å². The summed E-state index contributed by atoms with van der Waals surface area (Å²) in [5.74, 6) is -0.217. The Labute approximate surface area is 183 Å². The van der Waals surface area contributed by atoms with E-state index in [4.69, 9.17) is 0 Å². The molecule has 0 atom stereocenters. The van der Waals surface area contributed by atoms with Crippen molar-refractivity contribution in [2.24, 2.45) is 0 Å². The summed E-state index contributed by atoms with van der Waals surface area (Å²) in [6.07, 6.45) is 4.20. The average molecular weight is 474 g/mol. The van der Waals surface area contributed by atoms with Crippen LogP contribution in [-0.2, 0) is 9.59 Å². The lowest BCUT2D eigenvalue weighted by atomic mass is 9.81. The lowest BCUT2D eigenvalue weighted by molar-refractivity contribution is -0.136. The Bertz CT molecular complexity index is 1010. The van der Waals surface area contributed by atoms with Gasteiger partial charge in [0, 0.05) is 17.6 Å². The molecular weight excluding hydrogens is 450 g/mol. The van der Waals surface area contributed by atoms with E-state index in [1.54, 1.807) is 17.8 Å². The van der Waals surface area contributed by atoms with Gasteiger partial charge >= 0.3 is 6.03 Å². The Balaban J connectivity index is 1.52. The first-order valence-electron chi connectivity index (χ1n) is 10.0. The van der Waals surface area contributed by atoms with Crippen LogP contribution in [0.1, 0.15) is 37.8 Å². The number of anilines is 1. The first-order chi connectivity index (χ1) is 14.3. The van der Waals surface area contributed by atoms with E-state index in [1.165, 1.54) is 4.90 Å². The molecule has 1 N–H and O–H groups in total. The van der Waals surface area contributed by atoms with Crippen molar-refractivity contribution in [1.29, 1.82) is 0 Å². The van der Waals surface area contributed by atoms with Crippen molar-refractivity contribution in [3.8, 4) is 5.69 Å². The Morgan fingerprint density at radius 1 is 1.20 bits per heavy atom. The van der Waals surface area contributed by atoms with E-state index in [0.29, 0.717) is 18.7 Å². The Morgan fingerprint density at radius 3 is 2.63 bits per heavy atom. The van der Waals surface area contributed by atoms with Crippen molar-refractivity contribution in [2.45, 2.75) is 44.6 Å². The first kappa shape index (κ1) is 20.6.